The van der Waals surface area contributed by atoms with Gasteiger partial charge in [0.15, 0.2) is 0 Å². The van der Waals surface area contributed by atoms with Crippen molar-refractivity contribution >= 4 is 27.5 Å². The minimum absolute atomic E-state index is 0.0669. The highest BCUT2D eigenvalue weighted by molar-refractivity contribution is 9.10. The standard InChI is InChI=1S/C19H14BrF3N2O/c20-15-9-8-14(19(21,22)23)11-16(15)24-18(26)17-7-4-10-25(17)12-13-5-2-1-3-6-13/h1-11H,12H2,(H,24,26). The number of aromatic nitrogens is 1. The molecule has 1 N–H and O–H groups in total. The number of carbonyl (C=O) groups excluding carboxylic acids is 1. The predicted molar refractivity (Wildman–Crippen MR) is 97.1 cm³/mol. The molecule has 0 aliphatic carbocycles. The monoisotopic (exact) mass is 422 g/mol. The topological polar surface area (TPSA) is 34.0 Å². The smallest absolute Gasteiger partial charge is 0.339 e. The van der Waals surface area contributed by atoms with E-state index >= 15 is 0 Å². The van der Waals surface area contributed by atoms with Gasteiger partial charge in [0.25, 0.3) is 5.91 Å². The Morgan fingerprint density at radius 3 is 2.46 bits per heavy atom. The normalized spacial score (nSPS) is 11.4. The fourth-order valence-electron chi connectivity index (χ4n) is 2.52. The van der Waals surface area contributed by atoms with E-state index in [0.717, 1.165) is 17.7 Å². The molecular weight excluding hydrogens is 409 g/mol. The molecule has 0 radical (unpaired) electrons. The van der Waals surface area contributed by atoms with Crippen LogP contribution in [0.25, 0.3) is 0 Å². The fourth-order valence-corrected chi connectivity index (χ4v) is 2.87. The van der Waals surface area contributed by atoms with Gasteiger partial charge in [0.1, 0.15) is 5.69 Å². The van der Waals surface area contributed by atoms with Crippen molar-refractivity contribution in [3.05, 3.63) is 88.2 Å². The van der Waals surface area contributed by atoms with Crippen LogP contribution in [-0.4, -0.2) is 10.5 Å². The van der Waals surface area contributed by atoms with Crippen LogP contribution in [0.3, 0.4) is 0 Å². The number of alkyl halides is 3. The highest BCUT2D eigenvalue weighted by Gasteiger charge is 2.31. The molecule has 0 spiro atoms. The first kappa shape index (κ1) is 18.3. The number of benzene rings is 2. The van der Waals surface area contributed by atoms with E-state index in [1.54, 1.807) is 22.9 Å². The molecule has 0 atom stereocenters. The zero-order chi connectivity index (χ0) is 18.7. The fraction of sp³-hybridized carbons (Fsp3) is 0.105. The lowest BCUT2D eigenvalue weighted by atomic mass is 10.2. The second-order valence-corrected chi connectivity index (χ2v) is 6.51. The number of hydrogen-bond acceptors (Lipinski definition) is 1. The summed E-state index contributed by atoms with van der Waals surface area (Å²) in [5, 5.41) is 2.54. The zero-order valence-corrected chi connectivity index (χ0v) is 15.0. The second-order valence-electron chi connectivity index (χ2n) is 5.65. The van der Waals surface area contributed by atoms with Crippen LogP contribution in [0.5, 0.6) is 0 Å². The maximum atomic E-state index is 12.9. The van der Waals surface area contributed by atoms with Gasteiger partial charge in [-0.1, -0.05) is 30.3 Å². The molecule has 2 aromatic carbocycles. The van der Waals surface area contributed by atoms with E-state index in [4.69, 9.17) is 0 Å². The van der Waals surface area contributed by atoms with Crippen molar-refractivity contribution in [2.45, 2.75) is 12.7 Å². The lowest BCUT2D eigenvalue weighted by Crippen LogP contribution is -2.18. The van der Waals surface area contributed by atoms with Crippen LogP contribution in [0.15, 0.2) is 71.3 Å². The quantitative estimate of drug-likeness (QED) is 0.585. The lowest BCUT2D eigenvalue weighted by molar-refractivity contribution is -0.137. The van der Waals surface area contributed by atoms with Gasteiger partial charge in [0.05, 0.1) is 11.3 Å². The van der Waals surface area contributed by atoms with Crippen molar-refractivity contribution in [2.24, 2.45) is 0 Å². The van der Waals surface area contributed by atoms with Crippen LogP contribution < -0.4 is 5.32 Å². The molecule has 3 aromatic rings. The van der Waals surface area contributed by atoms with Crippen molar-refractivity contribution in [3.63, 3.8) is 0 Å². The van der Waals surface area contributed by atoms with Gasteiger partial charge in [0, 0.05) is 17.2 Å². The van der Waals surface area contributed by atoms with E-state index in [0.29, 0.717) is 16.7 Å². The Balaban J connectivity index is 1.83. The van der Waals surface area contributed by atoms with Gasteiger partial charge in [-0.25, -0.2) is 0 Å². The highest BCUT2D eigenvalue weighted by atomic mass is 79.9. The summed E-state index contributed by atoms with van der Waals surface area (Å²) in [6, 6.07) is 16.1. The average Bonchev–Trinajstić information content (AvgIpc) is 3.05. The Kier molecular flexibility index (Phi) is 5.18. The summed E-state index contributed by atoms with van der Waals surface area (Å²) in [5.41, 5.74) is 0.615. The molecule has 3 nitrogen and oxygen atoms in total. The summed E-state index contributed by atoms with van der Waals surface area (Å²) in [5.74, 6) is -0.481. The SMILES string of the molecule is O=C(Nc1cc(C(F)(F)F)ccc1Br)c1cccn1Cc1ccccc1. The average molecular weight is 423 g/mol. The van der Waals surface area contributed by atoms with E-state index in [-0.39, 0.29) is 5.69 Å². The summed E-state index contributed by atoms with van der Waals surface area (Å²) < 4.78 is 40.8. The minimum Gasteiger partial charge on any atom is -0.339 e. The number of anilines is 1. The summed E-state index contributed by atoms with van der Waals surface area (Å²) >= 11 is 3.17. The van der Waals surface area contributed by atoms with Crippen LogP contribution in [0.2, 0.25) is 0 Å². The molecule has 0 saturated carbocycles. The Bertz CT molecular complexity index is 920. The summed E-state index contributed by atoms with van der Waals surface area (Å²) in [7, 11) is 0. The molecule has 0 saturated heterocycles. The third-order valence-electron chi connectivity index (χ3n) is 3.80. The number of halogens is 4. The van der Waals surface area contributed by atoms with Gasteiger partial charge in [-0.15, -0.1) is 0 Å². The molecule has 7 heteroatoms. The van der Waals surface area contributed by atoms with Crippen molar-refractivity contribution in [3.8, 4) is 0 Å². The number of hydrogen-bond donors (Lipinski definition) is 1. The Morgan fingerprint density at radius 2 is 1.77 bits per heavy atom. The van der Waals surface area contributed by atoms with Gasteiger partial charge in [-0.05, 0) is 51.8 Å². The molecule has 0 aliphatic rings. The molecule has 134 valence electrons. The molecule has 0 bridgehead atoms. The maximum absolute atomic E-state index is 12.9. The van der Waals surface area contributed by atoms with Crippen LogP contribution in [0.4, 0.5) is 18.9 Å². The lowest BCUT2D eigenvalue weighted by Gasteiger charge is -2.13. The highest BCUT2D eigenvalue weighted by Crippen LogP contribution is 2.34. The van der Waals surface area contributed by atoms with E-state index in [9.17, 15) is 18.0 Å². The summed E-state index contributed by atoms with van der Waals surface area (Å²) in [4.78, 5) is 12.6. The second kappa shape index (κ2) is 7.37. The molecule has 1 heterocycles. The number of carbonyl (C=O) groups is 1. The first-order valence-corrected chi connectivity index (χ1v) is 8.51. The van der Waals surface area contributed by atoms with E-state index in [1.165, 1.54) is 6.07 Å². The summed E-state index contributed by atoms with van der Waals surface area (Å²) in [6.07, 6.45) is -2.73. The van der Waals surface area contributed by atoms with E-state index in [1.807, 2.05) is 30.3 Å². The molecule has 26 heavy (non-hydrogen) atoms. The van der Waals surface area contributed by atoms with Crippen LogP contribution in [0.1, 0.15) is 21.6 Å². The number of amides is 1. The van der Waals surface area contributed by atoms with E-state index < -0.39 is 17.6 Å². The first-order valence-electron chi connectivity index (χ1n) is 7.72. The Hall–Kier alpha value is -2.54. The summed E-state index contributed by atoms with van der Waals surface area (Å²) in [6.45, 7) is 0.486. The van der Waals surface area contributed by atoms with Gasteiger partial charge >= 0.3 is 6.18 Å². The molecule has 1 aromatic heterocycles. The maximum Gasteiger partial charge on any atom is 0.416 e. The third kappa shape index (κ3) is 4.16. The third-order valence-corrected chi connectivity index (χ3v) is 4.49. The number of nitrogens with zero attached hydrogens (tertiary/aromatic N) is 1. The largest absolute Gasteiger partial charge is 0.416 e. The number of nitrogens with one attached hydrogen (secondary N) is 1. The molecular formula is C19H14BrF3N2O. The molecule has 1 amide bonds. The van der Waals surface area contributed by atoms with Crippen LogP contribution >= 0.6 is 15.9 Å². The van der Waals surface area contributed by atoms with Gasteiger partial charge in [-0.3, -0.25) is 4.79 Å². The van der Waals surface area contributed by atoms with Gasteiger partial charge in [0.2, 0.25) is 0 Å². The van der Waals surface area contributed by atoms with Crippen LogP contribution in [-0.2, 0) is 12.7 Å². The molecule has 3 rings (SSSR count). The van der Waals surface area contributed by atoms with Crippen LogP contribution in [0, 0.1) is 0 Å². The molecule has 0 unspecified atom stereocenters. The Labute approximate surface area is 156 Å². The van der Waals surface area contributed by atoms with Crippen molar-refractivity contribution in [1.82, 2.24) is 4.57 Å². The minimum atomic E-state index is -4.48. The predicted octanol–water partition coefficient (Wildman–Crippen LogP) is 5.57. The van der Waals surface area contributed by atoms with Gasteiger partial charge in [-0.2, -0.15) is 13.2 Å². The van der Waals surface area contributed by atoms with Crippen molar-refractivity contribution in [2.75, 3.05) is 5.32 Å². The number of rotatable bonds is 4. The molecule has 0 aliphatic heterocycles. The molecule has 0 fully saturated rings. The zero-order valence-electron chi connectivity index (χ0n) is 13.4. The Morgan fingerprint density at radius 1 is 1.04 bits per heavy atom. The van der Waals surface area contributed by atoms with Crippen molar-refractivity contribution < 1.29 is 18.0 Å². The van der Waals surface area contributed by atoms with E-state index in [2.05, 4.69) is 21.2 Å². The van der Waals surface area contributed by atoms with Crippen molar-refractivity contribution in [1.29, 1.82) is 0 Å². The first-order chi connectivity index (χ1) is 12.3. The van der Waals surface area contributed by atoms with Gasteiger partial charge < -0.3 is 9.88 Å².